The van der Waals surface area contributed by atoms with Crippen molar-refractivity contribution in [2.45, 2.75) is 39.7 Å². The van der Waals surface area contributed by atoms with Crippen LogP contribution in [0.5, 0.6) is 0 Å². The summed E-state index contributed by atoms with van der Waals surface area (Å²) in [5.41, 5.74) is 1.50. The van der Waals surface area contributed by atoms with Crippen molar-refractivity contribution in [3.63, 3.8) is 0 Å². The maximum atomic E-state index is 12.0. The Morgan fingerprint density at radius 3 is 2.67 bits per heavy atom. The first-order valence-electron chi connectivity index (χ1n) is 7.82. The number of aliphatic hydroxyl groups is 1. The molecule has 5 heteroatoms. The zero-order valence-electron chi connectivity index (χ0n) is 14.1. The topological polar surface area (TPSA) is 69.6 Å². The second-order valence-corrected chi connectivity index (χ2v) is 5.77. The lowest BCUT2D eigenvalue weighted by Crippen LogP contribution is -2.34. The number of amides is 2. The summed E-state index contributed by atoms with van der Waals surface area (Å²) in [4.78, 5) is 25.0. The normalized spacial score (nSPS) is 11.7. The molecule has 24 heavy (non-hydrogen) atoms. The number of unbranched alkanes of at least 4 members (excludes halogenated alkanes) is 1. The molecule has 0 saturated carbocycles. The second-order valence-electron chi connectivity index (χ2n) is 5.77. The smallest absolute Gasteiger partial charge is 0.251 e. The maximum Gasteiger partial charge on any atom is 0.251 e. The Bertz CT molecular complexity index is 553. The zero-order chi connectivity index (χ0) is 17.2. The number of carbonyl (C=O) groups excluding carboxylic acids is 2. The van der Waals surface area contributed by atoms with Gasteiger partial charge >= 0.3 is 0 Å². The molecule has 0 bridgehead atoms. The van der Waals surface area contributed by atoms with Gasteiger partial charge in [-0.2, -0.15) is 0 Å². The Hall–Kier alpha value is -2.14. The standard InChI is InChI=1S/C18H26N2O3.CH4/c1-14(13-21)19-18(23)16-10-7-9-15(12-16)8-5-4-6-11-17(22)20(2)3;/h5,7-10,12,14,21H,4,6,11,13H2,1-3H3,(H,19,23);1H4/b8-5-;. The van der Waals surface area contributed by atoms with Crippen LogP contribution in [0.2, 0.25) is 0 Å². The van der Waals surface area contributed by atoms with Gasteiger partial charge in [0, 0.05) is 32.1 Å². The zero-order valence-corrected chi connectivity index (χ0v) is 14.1. The molecular weight excluding hydrogens is 304 g/mol. The fourth-order valence-electron chi connectivity index (χ4n) is 1.95. The van der Waals surface area contributed by atoms with Gasteiger partial charge in [0.15, 0.2) is 0 Å². The summed E-state index contributed by atoms with van der Waals surface area (Å²) in [6.45, 7) is 1.66. The summed E-state index contributed by atoms with van der Waals surface area (Å²) in [5, 5.41) is 11.7. The summed E-state index contributed by atoms with van der Waals surface area (Å²) in [6.07, 6.45) is 6.13. The third-order valence-electron chi connectivity index (χ3n) is 3.37. The number of hydrogen-bond acceptors (Lipinski definition) is 3. The summed E-state index contributed by atoms with van der Waals surface area (Å²) >= 11 is 0. The fraction of sp³-hybridized carbons (Fsp3) is 0.474. The summed E-state index contributed by atoms with van der Waals surface area (Å²) in [5.74, 6) is -0.0616. The van der Waals surface area contributed by atoms with Gasteiger partial charge in [0.2, 0.25) is 5.91 Å². The van der Waals surface area contributed by atoms with Crippen molar-refractivity contribution >= 4 is 17.9 Å². The number of carbonyl (C=O) groups is 2. The van der Waals surface area contributed by atoms with Gasteiger partial charge in [-0.25, -0.2) is 0 Å². The van der Waals surface area contributed by atoms with E-state index in [4.69, 9.17) is 5.11 Å². The quantitative estimate of drug-likeness (QED) is 0.718. The Morgan fingerprint density at radius 1 is 1.33 bits per heavy atom. The number of hydrogen-bond donors (Lipinski definition) is 2. The van der Waals surface area contributed by atoms with Gasteiger partial charge in [-0.15, -0.1) is 0 Å². The molecule has 0 saturated heterocycles. The largest absolute Gasteiger partial charge is 0.394 e. The van der Waals surface area contributed by atoms with E-state index < -0.39 is 0 Å². The Balaban J connectivity index is 0.00000529. The summed E-state index contributed by atoms with van der Waals surface area (Å²) in [6, 6.07) is 7.03. The highest BCUT2D eigenvalue weighted by Gasteiger charge is 2.08. The van der Waals surface area contributed by atoms with Crippen molar-refractivity contribution in [2.75, 3.05) is 20.7 Å². The van der Waals surface area contributed by atoms with Crippen LogP contribution in [-0.4, -0.2) is 48.6 Å². The van der Waals surface area contributed by atoms with Gasteiger partial charge in [-0.3, -0.25) is 9.59 Å². The van der Waals surface area contributed by atoms with Crippen molar-refractivity contribution in [2.24, 2.45) is 0 Å². The molecule has 0 radical (unpaired) electrons. The third-order valence-corrected chi connectivity index (χ3v) is 3.37. The van der Waals surface area contributed by atoms with E-state index in [2.05, 4.69) is 5.32 Å². The van der Waals surface area contributed by atoms with Gasteiger partial charge in [0.25, 0.3) is 5.91 Å². The monoisotopic (exact) mass is 334 g/mol. The minimum atomic E-state index is -0.268. The molecule has 2 N–H and O–H groups in total. The molecule has 1 aromatic carbocycles. The minimum absolute atomic E-state index is 0. The lowest BCUT2D eigenvalue weighted by atomic mass is 10.1. The highest BCUT2D eigenvalue weighted by atomic mass is 16.3. The average Bonchev–Trinajstić information content (AvgIpc) is 2.54. The van der Waals surface area contributed by atoms with Gasteiger partial charge in [0.1, 0.15) is 0 Å². The third kappa shape index (κ3) is 7.92. The molecule has 1 atom stereocenters. The first-order valence-corrected chi connectivity index (χ1v) is 7.82. The van der Waals surface area contributed by atoms with Crippen molar-refractivity contribution in [3.05, 3.63) is 41.5 Å². The molecule has 0 aliphatic heterocycles. The molecule has 1 rings (SSSR count). The Kier molecular flexibility index (Phi) is 10.4. The van der Waals surface area contributed by atoms with E-state index in [1.165, 1.54) is 0 Å². The summed E-state index contributed by atoms with van der Waals surface area (Å²) < 4.78 is 0. The SMILES string of the molecule is C.CC(CO)NC(=O)c1cccc(/C=C\CCCC(=O)N(C)C)c1. The minimum Gasteiger partial charge on any atom is -0.394 e. The Labute approximate surface area is 145 Å². The first-order chi connectivity index (χ1) is 10.9. The molecular formula is C19H30N2O3. The van der Waals surface area contributed by atoms with Crippen molar-refractivity contribution in [1.82, 2.24) is 10.2 Å². The van der Waals surface area contributed by atoms with E-state index in [0.29, 0.717) is 12.0 Å². The predicted molar refractivity (Wildman–Crippen MR) is 98.8 cm³/mol. The van der Waals surface area contributed by atoms with Gasteiger partial charge in [-0.1, -0.05) is 31.7 Å². The molecule has 1 aromatic rings. The maximum absolute atomic E-state index is 12.0. The average molecular weight is 334 g/mol. The molecule has 1 unspecified atom stereocenters. The highest BCUT2D eigenvalue weighted by molar-refractivity contribution is 5.94. The number of nitrogens with one attached hydrogen (secondary N) is 1. The molecule has 0 aliphatic carbocycles. The molecule has 0 aromatic heterocycles. The van der Waals surface area contributed by atoms with Crippen molar-refractivity contribution in [3.8, 4) is 0 Å². The summed E-state index contributed by atoms with van der Waals surface area (Å²) in [7, 11) is 3.51. The van der Waals surface area contributed by atoms with Crippen molar-refractivity contribution in [1.29, 1.82) is 0 Å². The molecule has 2 amide bonds. The van der Waals surface area contributed by atoms with Crippen LogP contribution >= 0.6 is 0 Å². The van der Waals surface area contributed by atoms with E-state index in [9.17, 15) is 9.59 Å². The van der Waals surface area contributed by atoms with Gasteiger partial charge < -0.3 is 15.3 Å². The van der Waals surface area contributed by atoms with E-state index in [-0.39, 0.29) is 31.9 Å². The number of rotatable bonds is 8. The number of nitrogens with zero attached hydrogens (tertiary/aromatic N) is 1. The fourth-order valence-corrected chi connectivity index (χ4v) is 1.95. The number of allylic oxidation sites excluding steroid dienone is 1. The van der Waals surface area contributed by atoms with Crippen LogP contribution in [0.1, 0.15) is 49.5 Å². The molecule has 0 aliphatic rings. The molecule has 5 nitrogen and oxygen atoms in total. The molecule has 0 spiro atoms. The number of benzene rings is 1. The highest BCUT2D eigenvalue weighted by Crippen LogP contribution is 2.09. The van der Waals surface area contributed by atoms with Gasteiger partial charge in [0.05, 0.1) is 6.61 Å². The van der Waals surface area contributed by atoms with E-state index in [1.54, 1.807) is 38.1 Å². The van der Waals surface area contributed by atoms with Crippen LogP contribution in [0.4, 0.5) is 0 Å². The van der Waals surface area contributed by atoms with E-state index in [1.807, 2.05) is 24.3 Å². The lowest BCUT2D eigenvalue weighted by Gasteiger charge is -2.10. The van der Waals surface area contributed by atoms with Crippen LogP contribution < -0.4 is 5.32 Å². The predicted octanol–water partition coefficient (Wildman–Crippen LogP) is 2.71. The van der Waals surface area contributed by atoms with Crippen molar-refractivity contribution < 1.29 is 14.7 Å². The Morgan fingerprint density at radius 2 is 2.04 bits per heavy atom. The van der Waals surface area contributed by atoms with Gasteiger partial charge in [-0.05, 0) is 37.5 Å². The van der Waals surface area contributed by atoms with Crippen LogP contribution in [0, 0.1) is 0 Å². The van der Waals surface area contributed by atoms with Crippen LogP contribution in [0.25, 0.3) is 6.08 Å². The first kappa shape index (κ1) is 21.9. The van der Waals surface area contributed by atoms with Crippen LogP contribution in [0.3, 0.4) is 0 Å². The molecule has 134 valence electrons. The van der Waals surface area contributed by atoms with E-state index in [0.717, 1.165) is 18.4 Å². The van der Waals surface area contributed by atoms with Crippen LogP contribution in [-0.2, 0) is 4.79 Å². The van der Waals surface area contributed by atoms with Crippen LogP contribution in [0.15, 0.2) is 30.3 Å². The van der Waals surface area contributed by atoms with E-state index >= 15 is 0 Å². The lowest BCUT2D eigenvalue weighted by molar-refractivity contribution is -0.128. The molecule has 0 fully saturated rings. The second kappa shape index (κ2) is 11.4. The molecule has 0 heterocycles. The number of aliphatic hydroxyl groups excluding tert-OH is 1.